The van der Waals surface area contributed by atoms with Gasteiger partial charge in [-0.05, 0) is 6.08 Å². The van der Waals surface area contributed by atoms with Crippen molar-refractivity contribution in [2.75, 3.05) is 0 Å². The highest BCUT2D eigenvalue weighted by molar-refractivity contribution is 7.86. The van der Waals surface area contributed by atoms with E-state index in [2.05, 4.69) is 4.72 Å². The molecular weight excluding hydrogens is 181 g/mol. The summed E-state index contributed by atoms with van der Waals surface area (Å²) in [6.45, 7) is 0. The molecule has 1 unspecified atom stereocenters. The van der Waals surface area contributed by atoms with Crippen LogP contribution in [0.1, 0.15) is 0 Å². The Morgan fingerprint density at radius 2 is 2.22 bits per heavy atom. The lowest BCUT2D eigenvalue weighted by Gasteiger charge is -2.05. The van der Waals surface area contributed by atoms with Crippen molar-refractivity contribution < 1.29 is 4.21 Å². The van der Waals surface area contributed by atoms with Crippen LogP contribution in [0.4, 0.5) is 0 Å². The second-order valence-electron chi connectivity index (χ2n) is 1.36. The molecule has 1 atom stereocenters. The van der Waals surface area contributed by atoms with E-state index in [0.29, 0.717) is 5.03 Å². The Hall–Kier alpha value is 0.01000. The molecule has 50 valence electrons. The molecule has 1 aliphatic rings. The molecule has 0 fully saturated rings. The van der Waals surface area contributed by atoms with Crippen LogP contribution >= 0.6 is 23.2 Å². The number of rotatable bonds is 0. The van der Waals surface area contributed by atoms with Gasteiger partial charge in [-0.25, -0.2) is 4.21 Å². The van der Waals surface area contributed by atoms with Crippen LogP contribution in [0, 0.1) is 0 Å². The van der Waals surface area contributed by atoms with Crippen molar-refractivity contribution in [1.29, 1.82) is 0 Å². The van der Waals surface area contributed by atoms with E-state index in [0.717, 1.165) is 0 Å². The lowest BCUT2D eigenvalue weighted by atomic mass is 10.6. The molecule has 2 nitrogen and oxygen atoms in total. The lowest BCUT2D eigenvalue weighted by Crippen LogP contribution is -2.14. The smallest absolute Gasteiger partial charge is 0.143 e. The fraction of sp³-hybridized carbons (Fsp3) is 0. The van der Waals surface area contributed by atoms with Crippen molar-refractivity contribution in [3.05, 3.63) is 21.7 Å². The molecule has 0 aromatic rings. The van der Waals surface area contributed by atoms with Gasteiger partial charge in [0.25, 0.3) is 0 Å². The number of halogens is 2. The summed E-state index contributed by atoms with van der Waals surface area (Å²) in [5.74, 6) is 0. The average molecular weight is 184 g/mol. The zero-order valence-corrected chi connectivity index (χ0v) is 6.56. The molecule has 0 spiro atoms. The van der Waals surface area contributed by atoms with E-state index >= 15 is 0 Å². The van der Waals surface area contributed by atoms with E-state index in [9.17, 15) is 4.21 Å². The first kappa shape index (κ1) is 7.12. The standard InChI is InChI=1S/C4H3Cl2NOS/c5-3-1-2-9(8)7-4(3)6/h1-2,7H. The van der Waals surface area contributed by atoms with Crippen molar-refractivity contribution in [3.63, 3.8) is 0 Å². The molecule has 1 heterocycles. The normalized spacial score (nSPS) is 26.2. The first-order chi connectivity index (χ1) is 4.20. The van der Waals surface area contributed by atoms with Gasteiger partial charge in [0.1, 0.15) is 16.1 Å². The van der Waals surface area contributed by atoms with Crippen LogP contribution in [-0.2, 0) is 11.0 Å². The van der Waals surface area contributed by atoms with Crippen molar-refractivity contribution in [2.24, 2.45) is 0 Å². The Morgan fingerprint density at radius 3 is 2.67 bits per heavy atom. The largest absolute Gasteiger partial charge is 0.290 e. The summed E-state index contributed by atoms with van der Waals surface area (Å²) in [7, 11) is -1.20. The Morgan fingerprint density at radius 1 is 1.56 bits per heavy atom. The Kier molecular flexibility index (Phi) is 2.16. The monoisotopic (exact) mass is 183 g/mol. The van der Waals surface area contributed by atoms with E-state index in [1.54, 1.807) is 0 Å². The summed E-state index contributed by atoms with van der Waals surface area (Å²) >= 11 is 11.0. The Balaban J connectivity index is 2.87. The van der Waals surface area contributed by atoms with Crippen LogP contribution in [0.15, 0.2) is 21.7 Å². The maximum Gasteiger partial charge on any atom is 0.143 e. The Bertz CT molecular complexity index is 211. The van der Waals surface area contributed by atoms with Gasteiger partial charge in [0, 0.05) is 5.41 Å². The van der Waals surface area contributed by atoms with Gasteiger partial charge >= 0.3 is 0 Å². The molecule has 0 aromatic carbocycles. The van der Waals surface area contributed by atoms with Crippen LogP contribution in [0.3, 0.4) is 0 Å². The number of allylic oxidation sites excluding steroid dienone is 2. The minimum Gasteiger partial charge on any atom is -0.290 e. The van der Waals surface area contributed by atoms with E-state index in [1.807, 2.05) is 0 Å². The molecule has 0 aliphatic carbocycles. The van der Waals surface area contributed by atoms with Gasteiger partial charge in [0.05, 0.1) is 5.03 Å². The van der Waals surface area contributed by atoms with Gasteiger partial charge < -0.3 is 0 Å². The van der Waals surface area contributed by atoms with E-state index < -0.39 is 11.0 Å². The highest BCUT2D eigenvalue weighted by Gasteiger charge is 2.05. The van der Waals surface area contributed by atoms with Gasteiger partial charge in [0.15, 0.2) is 0 Å². The van der Waals surface area contributed by atoms with Gasteiger partial charge in [-0.15, -0.1) is 0 Å². The maximum atomic E-state index is 10.6. The predicted molar refractivity (Wildman–Crippen MR) is 39.2 cm³/mol. The van der Waals surface area contributed by atoms with E-state index in [-0.39, 0.29) is 5.16 Å². The molecule has 1 rings (SSSR count). The van der Waals surface area contributed by atoms with Crippen molar-refractivity contribution in [1.82, 2.24) is 4.72 Å². The molecule has 5 heteroatoms. The molecule has 0 bridgehead atoms. The minimum atomic E-state index is -1.20. The fourth-order valence-electron chi connectivity index (χ4n) is 0.366. The molecular formula is C4H3Cl2NOS. The zero-order chi connectivity index (χ0) is 6.85. The summed E-state index contributed by atoms with van der Waals surface area (Å²) < 4.78 is 13.0. The molecule has 0 aromatic heterocycles. The molecule has 0 amide bonds. The first-order valence-corrected chi connectivity index (χ1v) is 4.08. The van der Waals surface area contributed by atoms with Crippen LogP contribution < -0.4 is 4.72 Å². The van der Waals surface area contributed by atoms with Crippen molar-refractivity contribution in [2.45, 2.75) is 0 Å². The van der Waals surface area contributed by atoms with Crippen LogP contribution in [0.5, 0.6) is 0 Å². The maximum absolute atomic E-state index is 10.6. The first-order valence-electron chi connectivity index (χ1n) is 2.11. The third kappa shape index (κ3) is 1.71. The summed E-state index contributed by atoms with van der Waals surface area (Å²) in [5, 5.41) is 2.04. The minimum absolute atomic E-state index is 0.234. The van der Waals surface area contributed by atoms with Crippen LogP contribution in [-0.4, -0.2) is 4.21 Å². The van der Waals surface area contributed by atoms with E-state index in [4.69, 9.17) is 23.2 Å². The third-order valence-corrected chi connectivity index (χ3v) is 2.35. The van der Waals surface area contributed by atoms with Gasteiger partial charge in [-0.1, -0.05) is 23.2 Å². The zero-order valence-electron chi connectivity index (χ0n) is 4.23. The summed E-state index contributed by atoms with van der Waals surface area (Å²) in [6, 6.07) is 0. The summed E-state index contributed by atoms with van der Waals surface area (Å²) in [4.78, 5) is 0. The molecule has 0 saturated heterocycles. The Labute approximate surface area is 65.1 Å². The topological polar surface area (TPSA) is 29.1 Å². The summed E-state index contributed by atoms with van der Waals surface area (Å²) in [6.07, 6.45) is 1.50. The third-order valence-electron chi connectivity index (χ3n) is 0.738. The van der Waals surface area contributed by atoms with Crippen molar-refractivity contribution in [3.8, 4) is 0 Å². The SMILES string of the molecule is O=S1C=CC(Cl)=C(Cl)N1. The number of hydrogen-bond acceptors (Lipinski definition) is 1. The average Bonchev–Trinajstić information content (AvgIpc) is 1.80. The molecule has 0 saturated carbocycles. The van der Waals surface area contributed by atoms with Crippen molar-refractivity contribution >= 4 is 34.2 Å². The number of nitrogens with one attached hydrogen (secondary N) is 1. The lowest BCUT2D eigenvalue weighted by molar-refractivity contribution is 0.684. The molecule has 1 aliphatic heterocycles. The highest BCUT2D eigenvalue weighted by Crippen LogP contribution is 2.16. The van der Waals surface area contributed by atoms with E-state index in [1.165, 1.54) is 11.5 Å². The summed E-state index contributed by atoms with van der Waals surface area (Å²) in [5.41, 5.74) is 0. The van der Waals surface area contributed by atoms with Gasteiger partial charge in [-0.2, -0.15) is 0 Å². The second kappa shape index (κ2) is 2.73. The quantitative estimate of drug-likeness (QED) is 0.566. The fourth-order valence-corrected chi connectivity index (χ4v) is 1.51. The molecule has 9 heavy (non-hydrogen) atoms. The van der Waals surface area contributed by atoms with Crippen LogP contribution in [0.2, 0.25) is 0 Å². The van der Waals surface area contributed by atoms with Gasteiger partial charge in [-0.3, -0.25) is 4.72 Å². The molecule has 1 N–H and O–H groups in total. The molecule has 0 radical (unpaired) electrons. The second-order valence-corrected chi connectivity index (χ2v) is 3.22. The van der Waals surface area contributed by atoms with Crippen LogP contribution in [0.25, 0.3) is 0 Å². The van der Waals surface area contributed by atoms with Gasteiger partial charge in [0.2, 0.25) is 0 Å². The predicted octanol–water partition coefficient (Wildman–Crippen LogP) is 1.41. The highest BCUT2D eigenvalue weighted by atomic mass is 35.5. The number of hydrogen-bond donors (Lipinski definition) is 1.